The number of nitrogens with zero attached hydrogens (tertiary/aromatic N) is 5. The van der Waals surface area contributed by atoms with Gasteiger partial charge in [-0.2, -0.15) is 10.1 Å². The summed E-state index contributed by atoms with van der Waals surface area (Å²) in [5.41, 5.74) is 2.26. The van der Waals surface area contributed by atoms with Crippen LogP contribution >= 0.6 is 0 Å². The van der Waals surface area contributed by atoms with Crippen molar-refractivity contribution in [1.82, 2.24) is 24.5 Å². The van der Waals surface area contributed by atoms with Crippen LogP contribution in [0.5, 0.6) is 0 Å². The number of likely N-dealkylation sites (N-methyl/N-ethyl adjacent to an activating group) is 1. The van der Waals surface area contributed by atoms with Crippen LogP contribution in [-0.2, 0) is 20.7 Å². The number of aromatic nitrogens is 4. The Balaban J connectivity index is 1.58. The maximum absolute atomic E-state index is 12.3. The number of aryl methyl sites for hydroxylation is 2. The number of hydrogen-bond acceptors (Lipinski definition) is 6. The summed E-state index contributed by atoms with van der Waals surface area (Å²) in [5, 5.41) is 4.11. The van der Waals surface area contributed by atoms with Crippen LogP contribution in [0.2, 0.25) is 0 Å². The lowest BCUT2D eigenvalue weighted by Gasteiger charge is -2.31. The van der Waals surface area contributed by atoms with Crippen molar-refractivity contribution in [2.24, 2.45) is 0 Å². The van der Waals surface area contributed by atoms with Crippen molar-refractivity contribution in [3.63, 3.8) is 0 Å². The van der Waals surface area contributed by atoms with Gasteiger partial charge in [-0.25, -0.2) is 9.50 Å². The summed E-state index contributed by atoms with van der Waals surface area (Å²) < 4.78 is 6.81. The molecule has 0 saturated heterocycles. The predicted octanol–water partition coefficient (Wildman–Crippen LogP) is 1.62. The van der Waals surface area contributed by atoms with E-state index in [1.54, 1.807) is 16.5 Å². The number of ether oxygens (including phenoxy) is 1. The zero-order valence-electron chi connectivity index (χ0n) is 15.6. The van der Waals surface area contributed by atoms with Crippen LogP contribution in [0.15, 0.2) is 6.33 Å². The molecule has 2 aromatic rings. The molecule has 1 amide bonds. The molecule has 0 radical (unpaired) electrons. The predicted molar refractivity (Wildman–Crippen MR) is 94.6 cm³/mol. The highest BCUT2D eigenvalue weighted by molar-refractivity contribution is 5.81. The van der Waals surface area contributed by atoms with E-state index in [-0.39, 0.29) is 25.0 Å². The lowest BCUT2D eigenvalue weighted by atomic mass is 9.94. The van der Waals surface area contributed by atoms with Gasteiger partial charge in [0.15, 0.2) is 6.61 Å². The Morgan fingerprint density at radius 2 is 2.00 bits per heavy atom. The Morgan fingerprint density at radius 1 is 1.27 bits per heavy atom. The van der Waals surface area contributed by atoms with E-state index >= 15 is 0 Å². The van der Waals surface area contributed by atoms with Crippen molar-refractivity contribution >= 4 is 17.7 Å². The summed E-state index contributed by atoms with van der Waals surface area (Å²) in [6, 6.07) is 0.262. The molecule has 26 heavy (non-hydrogen) atoms. The fourth-order valence-corrected chi connectivity index (χ4v) is 3.52. The van der Waals surface area contributed by atoms with E-state index in [2.05, 4.69) is 15.1 Å². The molecule has 8 heteroatoms. The fraction of sp³-hybridized carbons (Fsp3) is 0.611. The van der Waals surface area contributed by atoms with Gasteiger partial charge in [0, 0.05) is 30.0 Å². The Kier molecular flexibility index (Phi) is 5.49. The fourth-order valence-electron chi connectivity index (χ4n) is 3.52. The molecule has 0 aromatic carbocycles. The first-order valence-corrected chi connectivity index (χ1v) is 9.04. The van der Waals surface area contributed by atoms with Crippen molar-refractivity contribution in [3.8, 4) is 0 Å². The van der Waals surface area contributed by atoms with Gasteiger partial charge in [-0.15, -0.1) is 0 Å². The molecule has 0 atom stereocenters. The minimum Gasteiger partial charge on any atom is -0.455 e. The average molecular weight is 359 g/mol. The molecule has 1 fully saturated rings. The zero-order chi connectivity index (χ0) is 18.7. The molecule has 1 saturated carbocycles. The molecule has 0 unspecified atom stereocenters. The van der Waals surface area contributed by atoms with Gasteiger partial charge in [0.05, 0.1) is 6.42 Å². The zero-order valence-corrected chi connectivity index (χ0v) is 15.6. The van der Waals surface area contributed by atoms with Gasteiger partial charge in [0.1, 0.15) is 6.33 Å². The van der Waals surface area contributed by atoms with E-state index in [0.717, 1.165) is 36.9 Å². The van der Waals surface area contributed by atoms with Crippen LogP contribution in [0.3, 0.4) is 0 Å². The SMILES string of the molecule is Cc1nc2ncnn2c(C)c1CC(=O)OCC(=O)N(C)C1CCCCC1. The summed E-state index contributed by atoms with van der Waals surface area (Å²) in [6.07, 6.45) is 7.07. The third kappa shape index (κ3) is 3.84. The minimum absolute atomic E-state index is 0.0564. The summed E-state index contributed by atoms with van der Waals surface area (Å²) in [4.78, 5) is 34.6. The lowest BCUT2D eigenvalue weighted by Crippen LogP contribution is -2.40. The van der Waals surface area contributed by atoms with Gasteiger partial charge in [-0.1, -0.05) is 19.3 Å². The average Bonchev–Trinajstić information content (AvgIpc) is 3.11. The minimum atomic E-state index is -0.442. The second kappa shape index (κ2) is 7.80. The maximum atomic E-state index is 12.3. The number of fused-ring (bicyclic) bond motifs is 1. The van der Waals surface area contributed by atoms with Crippen molar-refractivity contribution < 1.29 is 14.3 Å². The van der Waals surface area contributed by atoms with E-state index in [4.69, 9.17) is 4.74 Å². The Morgan fingerprint density at radius 3 is 2.73 bits per heavy atom. The van der Waals surface area contributed by atoms with Crippen LogP contribution in [0, 0.1) is 13.8 Å². The second-order valence-corrected chi connectivity index (χ2v) is 6.87. The Bertz CT molecular complexity index is 811. The van der Waals surface area contributed by atoms with Gasteiger partial charge in [-0.05, 0) is 26.7 Å². The van der Waals surface area contributed by atoms with Gasteiger partial charge in [-0.3, -0.25) is 9.59 Å². The molecule has 3 rings (SSSR count). The quantitative estimate of drug-likeness (QED) is 0.754. The van der Waals surface area contributed by atoms with Crippen molar-refractivity contribution in [3.05, 3.63) is 23.3 Å². The molecular weight excluding hydrogens is 334 g/mol. The van der Waals surface area contributed by atoms with Gasteiger partial charge < -0.3 is 9.64 Å². The van der Waals surface area contributed by atoms with Crippen molar-refractivity contribution in [2.45, 2.75) is 58.4 Å². The van der Waals surface area contributed by atoms with Crippen LogP contribution in [-0.4, -0.2) is 56.1 Å². The molecule has 2 heterocycles. The van der Waals surface area contributed by atoms with E-state index in [0.29, 0.717) is 11.5 Å². The van der Waals surface area contributed by atoms with E-state index < -0.39 is 5.97 Å². The molecule has 0 N–H and O–H groups in total. The largest absolute Gasteiger partial charge is 0.455 e. The highest BCUT2D eigenvalue weighted by Gasteiger charge is 2.23. The molecule has 1 aliphatic carbocycles. The molecule has 8 nitrogen and oxygen atoms in total. The van der Waals surface area contributed by atoms with E-state index in [1.807, 2.05) is 13.8 Å². The Labute approximate surface area is 152 Å². The van der Waals surface area contributed by atoms with Crippen LogP contribution in [0.4, 0.5) is 0 Å². The third-order valence-corrected chi connectivity index (χ3v) is 5.18. The molecule has 0 spiro atoms. The first kappa shape index (κ1) is 18.3. The number of carbonyl (C=O) groups is 2. The summed E-state index contributed by atoms with van der Waals surface area (Å²) in [7, 11) is 1.79. The monoisotopic (exact) mass is 359 g/mol. The smallest absolute Gasteiger partial charge is 0.310 e. The molecule has 2 aromatic heterocycles. The van der Waals surface area contributed by atoms with Crippen molar-refractivity contribution in [1.29, 1.82) is 0 Å². The number of carbonyl (C=O) groups excluding carboxylic acids is 2. The lowest BCUT2D eigenvalue weighted by molar-refractivity contribution is -0.152. The third-order valence-electron chi connectivity index (χ3n) is 5.18. The molecule has 1 aliphatic rings. The molecule has 0 bridgehead atoms. The first-order chi connectivity index (χ1) is 12.5. The normalized spacial score (nSPS) is 15.2. The summed E-state index contributed by atoms with van der Waals surface area (Å²) >= 11 is 0. The van der Waals surface area contributed by atoms with E-state index in [1.165, 1.54) is 12.7 Å². The Hall–Kier alpha value is -2.51. The van der Waals surface area contributed by atoms with E-state index in [9.17, 15) is 9.59 Å². The van der Waals surface area contributed by atoms with Crippen LogP contribution < -0.4 is 0 Å². The standard InChI is InChI=1S/C18H25N5O3/c1-12-15(13(2)23-18(21-12)19-11-20-23)9-17(25)26-10-16(24)22(3)14-7-5-4-6-8-14/h11,14H,4-10H2,1-3H3. The topological polar surface area (TPSA) is 89.7 Å². The first-order valence-electron chi connectivity index (χ1n) is 9.04. The molecule has 140 valence electrons. The van der Waals surface area contributed by atoms with Gasteiger partial charge in [0.2, 0.25) is 0 Å². The van der Waals surface area contributed by atoms with Crippen LogP contribution in [0.1, 0.15) is 49.1 Å². The second-order valence-electron chi connectivity index (χ2n) is 6.87. The highest BCUT2D eigenvalue weighted by Crippen LogP contribution is 2.21. The number of hydrogen-bond donors (Lipinski definition) is 0. The van der Waals surface area contributed by atoms with Crippen LogP contribution in [0.25, 0.3) is 5.78 Å². The maximum Gasteiger partial charge on any atom is 0.310 e. The number of rotatable bonds is 5. The summed E-state index contributed by atoms with van der Waals surface area (Å²) in [6.45, 7) is 3.47. The van der Waals surface area contributed by atoms with Gasteiger partial charge >= 0.3 is 5.97 Å². The van der Waals surface area contributed by atoms with Gasteiger partial charge in [0.25, 0.3) is 11.7 Å². The molecule has 0 aliphatic heterocycles. The summed E-state index contributed by atoms with van der Waals surface area (Å²) in [5.74, 6) is -0.0900. The molecular formula is C18H25N5O3. The highest BCUT2D eigenvalue weighted by atomic mass is 16.5. The van der Waals surface area contributed by atoms with Crippen molar-refractivity contribution in [2.75, 3.05) is 13.7 Å². The number of esters is 1. The number of amides is 1.